The predicted octanol–water partition coefficient (Wildman–Crippen LogP) is 2.29. The maximum absolute atomic E-state index is 11.1. The van der Waals surface area contributed by atoms with Crippen molar-refractivity contribution in [3.05, 3.63) is 36.2 Å². The average molecular weight is 285 g/mol. The molecule has 2 heterocycles. The van der Waals surface area contributed by atoms with Gasteiger partial charge >= 0.3 is 5.97 Å². The lowest BCUT2D eigenvalue weighted by molar-refractivity contribution is 0.0689. The minimum absolute atomic E-state index is 0.0164. The van der Waals surface area contributed by atoms with Gasteiger partial charge in [-0.05, 0) is 24.3 Å². The zero-order valence-electron chi connectivity index (χ0n) is 12.0. The number of fused-ring (bicyclic) bond motifs is 1. The second-order valence-corrected chi connectivity index (χ2v) is 4.85. The summed E-state index contributed by atoms with van der Waals surface area (Å²) in [6, 6.07) is 7.44. The van der Waals surface area contributed by atoms with Gasteiger partial charge in [0.15, 0.2) is 5.69 Å². The van der Waals surface area contributed by atoms with E-state index in [4.69, 9.17) is 9.84 Å². The molecule has 0 aliphatic heterocycles. The maximum atomic E-state index is 11.1. The molecular weight excluding hydrogens is 270 g/mol. The molecule has 0 saturated heterocycles. The Labute approximate surface area is 121 Å². The van der Waals surface area contributed by atoms with Crippen LogP contribution in [-0.4, -0.2) is 32.5 Å². The molecule has 0 aliphatic carbocycles. The fraction of sp³-hybridized carbons (Fsp3) is 0.200. The van der Waals surface area contributed by atoms with Crippen LogP contribution in [0.3, 0.4) is 0 Å². The van der Waals surface area contributed by atoms with Gasteiger partial charge in [-0.3, -0.25) is 4.68 Å². The van der Waals surface area contributed by atoms with Crippen LogP contribution in [0.1, 0.15) is 10.5 Å². The minimum atomic E-state index is -1.04. The highest BCUT2D eigenvalue weighted by Crippen LogP contribution is 2.37. The predicted molar refractivity (Wildman–Crippen MR) is 78.6 cm³/mol. The van der Waals surface area contributed by atoms with Gasteiger partial charge in [0.25, 0.3) is 0 Å². The number of nitrogens with zero attached hydrogens (tertiary/aromatic N) is 3. The summed E-state index contributed by atoms with van der Waals surface area (Å²) in [5.41, 5.74) is 2.59. The van der Waals surface area contributed by atoms with E-state index in [1.54, 1.807) is 24.9 Å². The second-order valence-electron chi connectivity index (χ2n) is 4.85. The van der Waals surface area contributed by atoms with Crippen molar-refractivity contribution in [3.8, 4) is 17.0 Å². The zero-order valence-corrected chi connectivity index (χ0v) is 12.0. The third kappa shape index (κ3) is 1.96. The quantitative estimate of drug-likeness (QED) is 0.801. The molecule has 3 aromatic rings. The summed E-state index contributed by atoms with van der Waals surface area (Å²) in [5, 5.41) is 14.0. The van der Waals surface area contributed by atoms with Gasteiger partial charge in [-0.15, -0.1) is 0 Å². The first-order valence-corrected chi connectivity index (χ1v) is 6.42. The van der Waals surface area contributed by atoms with Gasteiger partial charge in [-0.25, -0.2) is 4.79 Å². The number of benzene rings is 1. The minimum Gasteiger partial charge on any atom is -0.495 e. The first-order valence-electron chi connectivity index (χ1n) is 6.42. The fourth-order valence-corrected chi connectivity index (χ4v) is 2.57. The van der Waals surface area contributed by atoms with E-state index in [2.05, 4.69) is 5.10 Å². The second kappa shape index (κ2) is 4.66. The van der Waals surface area contributed by atoms with E-state index in [9.17, 15) is 4.79 Å². The van der Waals surface area contributed by atoms with Gasteiger partial charge in [-0.1, -0.05) is 0 Å². The van der Waals surface area contributed by atoms with Crippen molar-refractivity contribution in [2.24, 2.45) is 14.1 Å². The Hall–Kier alpha value is -2.76. The number of rotatable bonds is 3. The highest BCUT2D eigenvalue weighted by Gasteiger charge is 2.18. The molecule has 0 radical (unpaired) electrons. The van der Waals surface area contributed by atoms with Crippen LogP contribution in [0.15, 0.2) is 30.5 Å². The van der Waals surface area contributed by atoms with Crippen LogP contribution < -0.4 is 4.74 Å². The van der Waals surface area contributed by atoms with Crippen LogP contribution in [0.2, 0.25) is 0 Å². The van der Waals surface area contributed by atoms with E-state index in [0.717, 1.165) is 16.5 Å². The molecular formula is C15H15N3O3. The number of ether oxygens (including phenoxy) is 1. The van der Waals surface area contributed by atoms with Crippen LogP contribution in [0.25, 0.3) is 22.2 Å². The normalized spacial score (nSPS) is 11.0. The molecule has 0 fully saturated rings. The van der Waals surface area contributed by atoms with Crippen LogP contribution in [0, 0.1) is 0 Å². The first kappa shape index (κ1) is 13.2. The Morgan fingerprint density at radius 3 is 2.67 bits per heavy atom. The molecule has 6 heteroatoms. The van der Waals surface area contributed by atoms with Crippen molar-refractivity contribution in [1.82, 2.24) is 14.3 Å². The van der Waals surface area contributed by atoms with Gasteiger partial charge in [0.05, 0.1) is 18.3 Å². The number of aromatic nitrogens is 3. The largest absolute Gasteiger partial charge is 0.495 e. The molecule has 0 unspecified atom stereocenters. The third-order valence-corrected chi connectivity index (χ3v) is 3.60. The number of carboxylic acid groups (broad SMARTS) is 1. The topological polar surface area (TPSA) is 69.3 Å². The summed E-state index contributed by atoms with van der Waals surface area (Å²) in [7, 11) is 5.30. The van der Waals surface area contributed by atoms with Gasteiger partial charge in [0.2, 0.25) is 0 Å². The highest BCUT2D eigenvalue weighted by atomic mass is 16.5. The number of carbonyl (C=O) groups is 1. The molecule has 6 nitrogen and oxygen atoms in total. The van der Waals surface area contributed by atoms with E-state index >= 15 is 0 Å². The Morgan fingerprint density at radius 2 is 2.05 bits per heavy atom. The standard InChI is InChI=1S/C15H15N3O3/c1-17-7-6-10-12(17)5-4-9(14(10)21-3)13-8-11(15(19)20)16-18(13)2/h4-8H,1-3H3,(H,19,20). The Morgan fingerprint density at radius 1 is 1.29 bits per heavy atom. The summed E-state index contributed by atoms with van der Waals surface area (Å²) in [4.78, 5) is 11.1. The number of methoxy groups -OCH3 is 1. The molecule has 0 aliphatic rings. The van der Waals surface area contributed by atoms with E-state index < -0.39 is 5.97 Å². The van der Waals surface area contributed by atoms with Crippen molar-refractivity contribution < 1.29 is 14.6 Å². The van der Waals surface area contributed by atoms with Crippen LogP contribution in [0.4, 0.5) is 0 Å². The van der Waals surface area contributed by atoms with Gasteiger partial charge in [0, 0.05) is 31.2 Å². The summed E-state index contributed by atoms with van der Waals surface area (Å²) >= 11 is 0. The number of hydrogen-bond acceptors (Lipinski definition) is 3. The molecule has 3 rings (SSSR count). The molecule has 0 bridgehead atoms. The lowest BCUT2D eigenvalue weighted by atomic mass is 10.1. The van der Waals surface area contributed by atoms with E-state index in [1.165, 1.54) is 0 Å². The smallest absolute Gasteiger partial charge is 0.356 e. The highest BCUT2D eigenvalue weighted by molar-refractivity contribution is 5.94. The van der Waals surface area contributed by atoms with Crippen molar-refractivity contribution in [1.29, 1.82) is 0 Å². The molecule has 1 aromatic carbocycles. The van der Waals surface area contributed by atoms with Crippen molar-refractivity contribution in [2.45, 2.75) is 0 Å². The zero-order chi connectivity index (χ0) is 15.1. The number of aryl methyl sites for hydroxylation is 2. The average Bonchev–Trinajstić information content (AvgIpc) is 3.02. The summed E-state index contributed by atoms with van der Waals surface area (Å²) in [6.07, 6.45) is 1.96. The van der Waals surface area contributed by atoms with Crippen molar-refractivity contribution in [3.63, 3.8) is 0 Å². The van der Waals surface area contributed by atoms with Gasteiger partial charge in [0.1, 0.15) is 5.75 Å². The summed E-state index contributed by atoms with van der Waals surface area (Å²) < 4.78 is 9.11. The van der Waals surface area contributed by atoms with Crippen molar-refractivity contribution >= 4 is 16.9 Å². The maximum Gasteiger partial charge on any atom is 0.356 e. The van der Waals surface area contributed by atoms with Crippen LogP contribution >= 0.6 is 0 Å². The molecule has 0 atom stereocenters. The molecule has 2 aromatic heterocycles. The van der Waals surface area contributed by atoms with Gasteiger partial charge < -0.3 is 14.4 Å². The first-order chi connectivity index (χ1) is 10.0. The Bertz CT molecular complexity index is 845. The SMILES string of the molecule is COc1c(-c2cc(C(=O)O)nn2C)ccc2c1ccn2C. The molecule has 0 saturated carbocycles. The van der Waals surface area contributed by atoms with Gasteiger partial charge in [-0.2, -0.15) is 5.10 Å². The molecule has 0 spiro atoms. The molecule has 0 amide bonds. The molecule has 21 heavy (non-hydrogen) atoms. The summed E-state index contributed by atoms with van der Waals surface area (Å²) in [5.74, 6) is -0.329. The molecule has 108 valence electrons. The Balaban J connectivity index is 2.27. The van der Waals surface area contributed by atoms with Crippen LogP contribution in [-0.2, 0) is 14.1 Å². The number of aromatic carboxylic acids is 1. The van der Waals surface area contributed by atoms with E-state index in [0.29, 0.717) is 11.4 Å². The van der Waals surface area contributed by atoms with Crippen molar-refractivity contribution in [2.75, 3.05) is 7.11 Å². The monoisotopic (exact) mass is 285 g/mol. The van der Waals surface area contributed by atoms with E-state index in [-0.39, 0.29) is 5.69 Å². The Kier molecular flexibility index (Phi) is 2.94. The van der Waals surface area contributed by atoms with Crippen LogP contribution in [0.5, 0.6) is 5.75 Å². The van der Waals surface area contributed by atoms with E-state index in [1.807, 2.05) is 36.0 Å². The number of carboxylic acids is 1. The molecule has 1 N–H and O–H groups in total. The fourth-order valence-electron chi connectivity index (χ4n) is 2.57. The number of hydrogen-bond donors (Lipinski definition) is 1. The summed E-state index contributed by atoms with van der Waals surface area (Å²) in [6.45, 7) is 0. The lowest BCUT2D eigenvalue weighted by Crippen LogP contribution is -1.99. The third-order valence-electron chi connectivity index (χ3n) is 3.60. The lowest BCUT2D eigenvalue weighted by Gasteiger charge is -2.10.